The van der Waals surface area contributed by atoms with Crippen molar-refractivity contribution >= 4 is 22.7 Å². The highest BCUT2D eigenvalue weighted by Gasteiger charge is 2.11. The van der Waals surface area contributed by atoms with Crippen LogP contribution in [0, 0.1) is 0 Å². The van der Waals surface area contributed by atoms with Crippen molar-refractivity contribution in [2.75, 3.05) is 5.73 Å². The molecular formula is C13H11NO. The monoisotopic (exact) mass is 197 g/mol. The number of furan rings is 1. The Labute approximate surface area is 87.7 Å². The molecule has 0 atom stereocenters. The summed E-state index contributed by atoms with van der Waals surface area (Å²) in [6.07, 6.45) is 9.08. The lowest BCUT2D eigenvalue weighted by Gasteiger charge is -1.94. The van der Waals surface area contributed by atoms with E-state index in [9.17, 15) is 0 Å². The van der Waals surface area contributed by atoms with Crippen LogP contribution in [-0.2, 0) is 6.42 Å². The zero-order chi connectivity index (χ0) is 10.3. The quantitative estimate of drug-likeness (QED) is 0.659. The Bertz CT molecular complexity index is 575. The Morgan fingerprint density at radius 1 is 1.20 bits per heavy atom. The maximum Gasteiger partial charge on any atom is 0.137 e. The molecule has 0 fully saturated rings. The summed E-state index contributed by atoms with van der Waals surface area (Å²) in [6.45, 7) is 0. The molecule has 1 heterocycles. The first kappa shape index (κ1) is 8.36. The van der Waals surface area contributed by atoms with Crippen LogP contribution in [0.15, 0.2) is 40.8 Å². The molecule has 1 aromatic carbocycles. The second kappa shape index (κ2) is 3.02. The van der Waals surface area contributed by atoms with Gasteiger partial charge in [-0.05, 0) is 24.6 Å². The first-order valence-electron chi connectivity index (χ1n) is 4.99. The molecule has 3 rings (SSSR count). The molecule has 2 aromatic rings. The maximum atomic E-state index is 5.74. The Kier molecular flexibility index (Phi) is 1.68. The van der Waals surface area contributed by atoms with Crippen molar-refractivity contribution in [2.24, 2.45) is 0 Å². The lowest BCUT2D eigenvalue weighted by atomic mass is 10.1. The fourth-order valence-electron chi connectivity index (χ4n) is 1.94. The fourth-order valence-corrected chi connectivity index (χ4v) is 1.94. The summed E-state index contributed by atoms with van der Waals surface area (Å²) in [6, 6.07) is 5.82. The van der Waals surface area contributed by atoms with Gasteiger partial charge in [-0.25, -0.2) is 0 Å². The summed E-state index contributed by atoms with van der Waals surface area (Å²) in [5, 5.41) is 1.16. The van der Waals surface area contributed by atoms with Gasteiger partial charge >= 0.3 is 0 Å². The lowest BCUT2D eigenvalue weighted by molar-refractivity contribution is 0.600. The van der Waals surface area contributed by atoms with Crippen LogP contribution in [0.25, 0.3) is 17.0 Å². The number of hydrogen-bond acceptors (Lipinski definition) is 2. The molecule has 0 radical (unpaired) electrons. The molecule has 0 saturated heterocycles. The number of allylic oxidation sites excluding steroid dienone is 3. The van der Waals surface area contributed by atoms with Gasteiger partial charge in [0.25, 0.3) is 0 Å². The predicted molar refractivity (Wildman–Crippen MR) is 62.5 cm³/mol. The topological polar surface area (TPSA) is 39.2 Å². The van der Waals surface area contributed by atoms with E-state index >= 15 is 0 Å². The van der Waals surface area contributed by atoms with E-state index in [0.29, 0.717) is 0 Å². The van der Waals surface area contributed by atoms with Crippen LogP contribution in [0.5, 0.6) is 0 Å². The molecule has 2 heteroatoms. The van der Waals surface area contributed by atoms with E-state index in [4.69, 9.17) is 10.2 Å². The van der Waals surface area contributed by atoms with Crippen LogP contribution < -0.4 is 5.73 Å². The van der Waals surface area contributed by atoms with E-state index < -0.39 is 0 Å². The van der Waals surface area contributed by atoms with Gasteiger partial charge in [0, 0.05) is 22.7 Å². The lowest BCUT2D eigenvalue weighted by Crippen LogP contribution is -1.83. The van der Waals surface area contributed by atoms with Crippen molar-refractivity contribution in [2.45, 2.75) is 6.42 Å². The first-order chi connectivity index (χ1) is 7.34. The zero-order valence-electron chi connectivity index (χ0n) is 8.23. The molecule has 2 N–H and O–H groups in total. The number of benzene rings is 1. The Hall–Kier alpha value is -1.96. The van der Waals surface area contributed by atoms with Crippen LogP contribution in [0.4, 0.5) is 5.69 Å². The van der Waals surface area contributed by atoms with Gasteiger partial charge in [-0.15, -0.1) is 0 Å². The smallest absolute Gasteiger partial charge is 0.137 e. The van der Waals surface area contributed by atoms with E-state index in [-0.39, 0.29) is 0 Å². The van der Waals surface area contributed by atoms with Crippen molar-refractivity contribution < 1.29 is 4.42 Å². The average molecular weight is 197 g/mol. The molecule has 15 heavy (non-hydrogen) atoms. The highest BCUT2D eigenvalue weighted by Crippen LogP contribution is 2.30. The molecule has 0 aliphatic heterocycles. The van der Waals surface area contributed by atoms with Crippen molar-refractivity contribution in [3.8, 4) is 0 Å². The SMILES string of the molecule is Nc1ccc2c3c(oc2c1)C=CC=CC3. The van der Waals surface area contributed by atoms with E-state index in [0.717, 1.165) is 28.8 Å². The third-order valence-corrected chi connectivity index (χ3v) is 2.66. The molecule has 0 amide bonds. The van der Waals surface area contributed by atoms with Crippen LogP contribution in [0.2, 0.25) is 0 Å². The number of hydrogen-bond donors (Lipinski definition) is 1. The third kappa shape index (κ3) is 1.26. The van der Waals surface area contributed by atoms with E-state index in [1.807, 2.05) is 36.4 Å². The highest BCUT2D eigenvalue weighted by molar-refractivity contribution is 5.87. The molecular weight excluding hydrogens is 186 g/mol. The molecule has 0 bridgehead atoms. The number of nitrogens with two attached hydrogens (primary N) is 1. The zero-order valence-corrected chi connectivity index (χ0v) is 8.23. The van der Waals surface area contributed by atoms with Crippen LogP contribution in [0.1, 0.15) is 11.3 Å². The fraction of sp³-hybridized carbons (Fsp3) is 0.0769. The van der Waals surface area contributed by atoms with Gasteiger partial charge in [0.2, 0.25) is 0 Å². The molecule has 0 saturated carbocycles. The minimum absolute atomic E-state index is 0.742. The number of nitrogen functional groups attached to an aromatic ring is 1. The first-order valence-corrected chi connectivity index (χ1v) is 4.99. The second-order valence-corrected chi connectivity index (χ2v) is 3.69. The molecule has 1 aromatic heterocycles. The molecule has 0 unspecified atom stereocenters. The number of rotatable bonds is 0. The second-order valence-electron chi connectivity index (χ2n) is 3.69. The summed E-state index contributed by atoms with van der Waals surface area (Å²) >= 11 is 0. The average Bonchev–Trinajstić information content (AvgIpc) is 2.42. The summed E-state index contributed by atoms with van der Waals surface area (Å²) in [5.74, 6) is 0.945. The van der Waals surface area contributed by atoms with E-state index in [1.54, 1.807) is 0 Å². The largest absolute Gasteiger partial charge is 0.456 e. The number of anilines is 1. The summed E-state index contributed by atoms with van der Waals surface area (Å²) in [7, 11) is 0. The van der Waals surface area contributed by atoms with Crippen molar-refractivity contribution in [3.05, 3.63) is 47.8 Å². The standard InChI is InChI=1S/C13H11NO/c14-9-6-7-11-10-4-2-1-3-5-12(10)15-13(11)8-9/h1-3,5-8H,4,14H2. The van der Waals surface area contributed by atoms with Gasteiger partial charge in [-0.1, -0.05) is 18.2 Å². The third-order valence-electron chi connectivity index (χ3n) is 2.66. The van der Waals surface area contributed by atoms with E-state index in [1.165, 1.54) is 5.56 Å². The van der Waals surface area contributed by atoms with Crippen LogP contribution in [0.3, 0.4) is 0 Å². The van der Waals surface area contributed by atoms with Crippen LogP contribution in [-0.4, -0.2) is 0 Å². The molecule has 0 spiro atoms. The van der Waals surface area contributed by atoms with E-state index in [2.05, 4.69) is 6.08 Å². The predicted octanol–water partition coefficient (Wildman–Crippen LogP) is 3.14. The normalized spacial score (nSPS) is 14.1. The van der Waals surface area contributed by atoms with Crippen molar-refractivity contribution in [1.29, 1.82) is 0 Å². The number of fused-ring (bicyclic) bond motifs is 3. The van der Waals surface area contributed by atoms with Crippen molar-refractivity contribution in [1.82, 2.24) is 0 Å². The summed E-state index contributed by atoms with van der Waals surface area (Å²) in [4.78, 5) is 0. The Balaban J connectivity index is 2.34. The van der Waals surface area contributed by atoms with Gasteiger partial charge < -0.3 is 10.2 Å². The van der Waals surface area contributed by atoms with Crippen LogP contribution >= 0.6 is 0 Å². The molecule has 2 nitrogen and oxygen atoms in total. The van der Waals surface area contributed by atoms with Gasteiger partial charge in [-0.2, -0.15) is 0 Å². The van der Waals surface area contributed by atoms with Gasteiger partial charge in [0.1, 0.15) is 11.3 Å². The summed E-state index contributed by atoms with van der Waals surface area (Å²) in [5.41, 5.74) is 8.58. The minimum atomic E-state index is 0.742. The summed E-state index contributed by atoms with van der Waals surface area (Å²) < 4.78 is 5.74. The molecule has 74 valence electrons. The molecule has 1 aliphatic carbocycles. The Morgan fingerprint density at radius 2 is 2.13 bits per heavy atom. The van der Waals surface area contributed by atoms with Crippen molar-refractivity contribution in [3.63, 3.8) is 0 Å². The Morgan fingerprint density at radius 3 is 3.07 bits per heavy atom. The van der Waals surface area contributed by atoms with Gasteiger partial charge in [-0.3, -0.25) is 0 Å². The maximum absolute atomic E-state index is 5.74. The van der Waals surface area contributed by atoms with Gasteiger partial charge in [0.05, 0.1) is 0 Å². The highest BCUT2D eigenvalue weighted by atomic mass is 16.3. The van der Waals surface area contributed by atoms with Gasteiger partial charge in [0.15, 0.2) is 0 Å². The minimum Gasteiger partial charge on any atom is -0.456 e. The molecule has 1 aliphatic rings.